The van der Waals surface area contributed by atoms with E-state index in [9.17, 15) is 14.4 Å². The summed E-state index contributed by atoms with van der Waals surface area (Å²) in [6.45, 7) is 3.53. The van der Waals surface area contributed by atoms with Crippen molar-refractivity contribution in [3.05, 3.63) is 33.6 Å². The number of fused-ring (bicyclic) bond motifs is 1. The first-order valence-electron chi connectivity index (χ1n) is 9.23. The Morgan fingerprint density at radius 2 is 1.40 bits per heavy atom. The van der Waals surface area contributed by atoms with Crippen molar-refractivity contribution in [2.45, 2.75) is 38.5 Å². The van der Waals surface area contributed by atoms with Crippen LogP contribution in [-0.4, -0.2) is 47.6 Å². The van der Waals surface area contributed by atoms with Crippen molar-refractivity contribution in [3.63, 3.8) is 0 Å². The monoisotopic (exact) mass is 341 g/mol. The molecule has 0 amide bonds. The number of nitrogens with one attached hydrogen (secondary N) is 1. The fourth-order valence-electron chi connectivity index (χ4n) is 4.07. The van der Waals surface area contributed by atoms with E-state index in [1.165, 1.54) is 18.9 Å². The molecule has 4 rings (SSSR count). The highest BCUT2D eigenvalue weighted by molar-refractivity contribution is 6.50. The van der Waals surface area contributed by atoms with Gasteiger partial charge in [0.05, 0.1) is 0 Å². The maximum atomic E-state index is 12.6. The zero-order chi connectivity index (χ0) is 17.4. The van der Waals surface area contributed by atoms with Crippen LogP contribution in [0, 0.1) is 0 Å². The van der Waals surface area contributed by atoms with Gasteiger partial charge in [-0.2, -0.15) is 0 Å². The molecule has 3 aliphatic rings. The third-order valence-corrected chi connectivity index (χ3v) is 5.41. The van der Waals surface area contributed by atoms with Crippen molar-refractivity contribution in [1.82, 2.24) is 9.88 Å². The number of hydrogen-bond donors (Lipinski definition) is 1. The van der Waals surface area contributed by atoms with Crippen LogP contribution in [0.15, 0.2) is 16.9 Å². The van der Waals surface area contributed by atoms with Crippen LogP contribution in [0.4, 0.5) is 5.82 Å². The molecule has 2 saturated heterocycles. The SMILES string of the molecule is O=C1C=C(N2CCCCC2)c2cc(N3CCCCC3)[nH]c(=O)c2C1=O. The summed E-state index contributed by atoms with van der Waals surface area (Å²) in [5.41, 5.74) is 0.923. The zero-order valence-electron chi connectivity index (χ0n) is 14.3. The number of H-pyrrole nitrogens is 1. The number of aromatic nitrogens is 1. The Hall–Kier alpha value is -2.37. The number of ketones is 2. The smallest absolute Gasteiger partial charge is 0.261 e. The van der Waals surface area contributed by atoms with Gasteiger partial charge in [0.1, 0.15) is 11.4 Å². The van der Waals surface area contributed by atoms with E-state index in [4.69, 9.17) is 0 Å². The summed E-state index contributed by atoms with van der Waals surface area (Å²) in [5.74, 6) is -0.528. The molecule has 0 unspecified atom stereocenters. The van der Waals surface area contributed by atoms with Gasteiger partial charge in [-0.1, -0.05) is 0 Å². The number of anilines is 1. The van der Waals surface area contributed by atoms with Gasteiger partial charge in [0.2, 0.25) is 11.6 Å². The van der Waals surface area contributed by atoms with E-state index in [0.717, 1.165) is 63.4 Å². The van der Waals surface area contributed by atoms with E-state index in [-0.39, 0.29) is 5.56 Å². The minimum absolute atomic E-state index is 0.00818. The second kappa shape index (κ2) is 6.50. The van der Waals surface area contributed by atoms with Crippen LogP contribution in [0.2, 0.25) is 0 Å². The number of nitrogens with zero attached hydrogens (tertiary/aromatic N) is 2. The van der Waals surface area contributed by atoms with Crippen molar-refractivity contribution >= 4 is 23.1 Å². The molecule has 1 aromatic rings. The molecular weight excluding hydrogens is 318 g/mol. The molecule has 1 N–H and O–H groups in total. The van der Waals surface area contributed by atoms with Crippen LogP contribution >= 0.6 is 0 Å². The van der Waals surface area contributed by atoms with Crippen LogP contribution in [0.25, 0.3) is 5.70 Å². The first-order chi connectivity index (χ1) is 12.1. The highest BCUT2D eigenvalue weighted by Gasteiger charge is 2.32. The zero-order valence-corrected chi connectivity index (χ0v) is 14.3. The highest BCUT2D eigenvalue weighted by Crippen LogP contribution is 2.31. The van der Waals surface area contributed by atoms with Crippen LogP contribution < -0.4 is 10.5 Å². The van der Waals surface area contributed by atoms with E-state index >= 15 is 0 Å². The number of piperidine rings is 2. The van der Waals surface area contributed by atoms with Gasteiger partial charge in [-0.25, -0.2) is 0 Å². The number of carbonyl (C=O) groups excluding carboxylic acids is 2. The predicted octanol–water partition coefficient (Wildman–Crippen LogP) is 1.96. The van der Waals surface area contributed by atoms with E-state index in [2.05, 4.69) is 14.8 Å². The van der Waals surface area contributed by atoms with Crippen molar-refractivity contribution in [2.75, 3.05) is 31.1 Å². The number of Topliss-reactive ketones (excluding diaryl/α,β-unsaturated/α-hetero) is 1. The van der Waals surface area contributed by atoms with Gasteiger partial charge >= 0.3 is 0 Å². The molecule has 2 aliphatic heterocycles. The Balaban J connectivity index is 1.80. The van der Waals surface area contributed by atoms with Crippen molar-refractivity contribution < 1.29 is 9.59 Å². The largest absolute Gasteiger partial charge is 0.371 e. The van der Waals surface area contributed by atoms with Gasteiger partial charge in [0.15, 0.2) is 0 Å². The summed E-state index contributed by atoms with van der Waals surface area (Å²) in [6, 6.07) is 1.90. The fraction of sp³-hybridized carbons (Fsp3) is 0.526. The van der Waals surface area contributed by atoms with Crippen LogP contribution in [0.5, 0.6) is 0 Å². The molecular formula is C19H23N3O3. The molecule has 1 aliphatic carbocycles. The van der Waals surface area contributed by atoms with Gasteiger partial charge in [-0.3, -0.25) is 14.4 Å². The van der Waals surface area contributed by atoms with Gasteiger partial charge in [0.25, 0.3) is 5.56 Å². The van der Waals surface area contributed by atoms with E-state index in [1.54, 1.807) is 0 Å². The molecule has 6 nitrogen and oxygen atoms in total. The average Bonchev–Trinajstić information content (AvgIpc) is 2.65. The van der Waals surface area contributed by atoms with Gasteiger partial charge in [0, 0.05) is 43.5 Å². The lowest BCUT2D eigenvalue weighted by Crippen LogP contribution is -2.37. The Kier molecular flexibility index (Phi) is 4.19. The van der Waals surface area contributed by atoms with Crippen LogP contribution in [0.3, 0.4) is 0 Å². The predicted molar refractivity (Wildman–Crippen MR) is 95.9 cm³/mol. The summed E-state index contributed by atoms with van der Waals surface area (Å²) in [4.78, 5) is 44.2. The Morgan fingerprint density at radius 3 is 2.04 bits per heavy atom. The average molecular weight is 341 g/mol. The van der Waals surface area contributed by atoms with E-state index in [0.29, 0.717) is 5.56 Å². The number of pyridine rings is 1. The fourth-order valence-corrected chi connectivity index (χ4v) is 4.07. The molecule has 6 heteroatoms. The van der Waals surface area contributed by atoms with Crippen molar-refractivity contribution in [2.24, 2.45) is 0 Å². The lowest BCUT2D eigenvalue weighted by Gasteiger charge is -2.34. The molecule has 0 spiro atoms. The minimum atomic E-state index is -0.692. The number of rotatable bonds is 2. The molecule has 0 saturated carbocycles. The standard InChI is InChI=1S/C19H23N3O3/c23-15-12-14(21-7-3-1-4-8-21)13-11-16(22-9-5-2-6-10-22)20-19(25)17(13)18(15)24/h11-12H,1-10H2,(H,20,25). The lowest BCUT2D eigenvalue weighted by atomic mass is 9.92. The molecule has 132 valence electrons. The maximum Gasteiger partial charge on any atom is 0.261 e. The van der Waals surface area contributed by atoms with E-state index < -0.39 is 17.1 Å². The summed E-state index contributed by atoms with van der Waals surface area (Å²) < 4.78 is 0. The molecule has 0 bridgehead atoms. The van der Waals surface area contributed by atoms with Crippen molar-refractivity contribution in [1.29, 1.82) is 0 Å². The third kappa shape index (κ3) is 2.90. The molecule has 25 heavy (non-hydrogen) atoms. The van der Waals surface area contributed by atoms with Gasteiger partial charge < -0.3 is 14.8 Å². The molecule has 0 radical (unpaired) electrons. The van der Waals surface area contributed by atoms with Gasteiger partial charge in [-0.15, -0.1) is 0 Å². The van der Waals surface area contributed by atoms with Crippen molar-refractivity contribution in [3.8, 4) is 0 Å². The van der Waals surface area contributed by atoms with Crippen LogP contribution in [0.1, 0.15) is 54.4 Å². The summed E-state index contributed by atoms with van der Waals surface area (Å²) in [6.07, 6.45) is 8.15. The first kappa shape index (κ1) is 16.1. The normalized spacial score (nSPS) is 21.2. The third-order valence-electron chi connectivity index (χ3n) is 5.41. The summed E-state index contributed by atoms with van der Waals surface area (Å²) in [5, 5.41) is 0. The first-order valence-corrected chi connectivity index (χ1v) is 9.23. The van der Waals surface area contributed by atoms with Crippen LogP contribution in [-0.2, 0) is 4.79 Å². The molecule has 2 fully saturated rings. The Labute approximate surface area is 146 Å². The Morgan fingerprint density at radius 1 is 0.800 bits per heavy atom. The molecule has 3 heterocycles. The summed E-state index contributed by atoms with van der Waals surface area (Å²) >= 11 is 0. The lowest BCUT2D eigenvalue weighted by molar-refractivity contribution is -0.111. The minimum Gasteiger partial charge on any atom is -0.371 e. The number of hydrogen-bond acceptors (Lipinski definition) is 5. The summed E-state index contributed by atoms with van der Waals surface area (Å²) in [7, 11) is 0. The molecule has 1 aromatic heterocycles. The maximum absolute atomic E-state index is 12.6. The second-order valence-corrected chi connectivity index (χ2v) is 7.09. The number of aromatic amines is 1. The number of likely N-dealkylation sites (tertiary alicyclic amines) is 1. The number of carbonyl (C=O) groups is 2. The van der Waals surface area contributed by atoms with E-state index in [1.807, 2.05) is 6.07 Å². The Bertz CT molecular complexity index is 797. The number of allylic oxidation sites excluding steroid dienone is 1. The molecule has 0 aromatic carbocycles. The quantitative estimate of drug-likeness (QED) is 0.833. The highest BCUT2D eigenvalue weighted by atomic mass is 16.2. The topological polar surface area (TPSA) is 73.5 Å². The van der Waals surface area contributed by atoms with Gasteiger partial charge in [-0.05, 0) is 44.6 Å². The molecule has 0 atom stereocenters. The second-order valence-electron chi connectivity index (χ2n) is 7.09.